The summed E-state index contributed by atoms with van der Waals surface area (Å²) in [4.78, 5) is 4.58. The fraction of sp³-hybridized carbons (Fsp3) is 0.562. The second-order valence-corrected chi connectivity index (χ2v) is 6.07. The van der Waals surface area contributed by atoms with Gasteiger partial charge in [0.1, 0.15) is 5.54 Å². The van der Waals surface area contributed by atoms with Crippen molar-refractivity contribution in [3.63, 3.8) is 0 Å². The van der Waals surface area contributed by atoms with Crippen molar-refractivity contribution in [3.8, 4) is 6.07 Å². The molecule has 0 aliphatic carbocycles. The van der Waals surface area contributed by atoms with E-state index in [1.807, 2.05) is 6.92 Å². The van der Waals surface area contributed by atoms with E-state index in [1.54, 1.807) is 0 Å². The first-order chi connectivity index (χ1) is 9.45. The third-order valence-electron chi connectivity index (χ3n) is 3.70. The van der Waals surface area contributed by atoms with Crippen LogP contribution in [-0.2, 0) is 0 Å². The zero-order valence-electron chi connectivity index (χ0n) is 12.8. The van der Waals surface area contributed by atoms with E-state index in [-0.39, 0.29) is 0 Å². The third kappa shape index (κ3) is 3.05. The summed E-state index contributed by atoms with van der Waals surface area (Å²) in [5.41, 5.74) is 1.92. The number of benzene rings is 1. The highest BCUT2D eigenvalue weighted by molar-refractivity contribution is 5.73. The van der Waals surface area contributed by atoms with Crippen LogP contribution in [0.1, 0.15) is 20.8 Å². The molecule has 0 radical (unpaired) electrons. The van der Waals surface area contributed by atoms with Gasteiger partial charge < -0.3 is 9.80 Å². The van der Waals surface area contributed by atoms with E-state index < -0.39 is 5.54 Å². The molecule has 1 atom stereocenters. The molecule has 0 fully saturated rings. The van der Waals surface area contributed by atoms with Gasteiger partial charge in [0.05, 0.1) is 17.4 Å². The second-order valence-electron chi connectivity index (χ2n) is 6.07. The predicted octanol–water partition coefficient (Wildman–Crippen LogP) is 2.22. The van der Waals surface area contributed by atoms with Crippen LogP contribution in [-0.4, -0.2) is 38.3 Å². The topological polar surface area (TPSA) is 42.3 Å². The molecule has 0 amide bonds. The van der Waals surface area contributed by atoms with Gasteiger partial charge in [-0.1, -0.05) is 12.1 Å². The largest absolute Gasteiger partial charge is 0.371 e. The summed E-state index contributed by atoms with van der Waals surface area (Å²) in [5, 5.41) is 12.9. The molecule has 0 bridgehead atoms. The van der Waals surface area contributed by atoms with Gasteiger partial charge in [0.15, 0.2) is 0 Å². The first-order valence-corrected chi connectivity index (χ1v) is 7.19. The normalized spacial score (nSPS) is 17.6. The van der Waals surface area contributed by atoms with Gasteiger partial charge in [0, 0.05) is 32.7 Å². The van der Waals surface area contributed by atoms with Gasteiger partial charge in [-0.25, -0.2) is 0 Å². The number of rotatable bonds is 4. The Hall–Kier alpha value is -1.73. The number of fused-ring (bicyclic) bond motifs is 1. The lowest BCUT2D eigenvalue weighted by Gasteiger charge is -2.40. The Morgan fingerprint density at radius 1 is 1.30 bits per heavy atom. The van der Waals surface area contributed by atoms with Crippen molar-refractivity contribution in [1.82, 2.24) is 5.32 Å². The number of likely N-dealkylation sites (N-methyl/N-ethyl adjacent to an activating group) is 1. The number of hydrogen-bond acceptors (Lipinski definition) is 4. The molecule has 1 aromatic rings. The van der Waals surface area contributed by atoms with Gasteiger partial charge in [-0.2, -0.15) is 5.26 Å². The van der Waals surface area contributed by atoms with Gasteiger partial charge in [-0.05, 0) is 32.9 Å². The highest BCUT2D eigenvalue weighted by Crippen LogP contribution is 2.32. The van der Waals surface area contributed by atoms with Gasteiger partial charge >= 0.3 is 0 Å². The van der Waals surface area contributed by atoms with Crippen molar-refractivity contribution < 1.29 is 0 Å². The number of hydrogen-bond donors (Lipinski definition) is 1. The lowest BCUT2D eigenvalue weighted by Crippen LogP contribution is -2.55. The smallest absolute Gasteiger partial charge is 0.121 e. The van der Waals surface area contributed by atoms with Crippen LogP contribution in [0.2, 0.25) is 0 Å². The van der Waals surface area contributed by atoms with Crippen molar-refractivity contribution >= 4 is 11.4 Å². The summed E-state index contributed by atoms with van der Waals surface area (Å²) in [5.74, 6) is 0. The summed E-state index contributed by atoms with van der Waals surface area (Å²) < 4.78 is 0. The summed E-state index contributed by atoms with van der Waals surface area (Å²) in [6.07, 6.45) is 0. The van der Waals surface area contributed by atoms with Gasteiger partial charge in [0.2, 0.25) is 0 Å². The van der Waals surface area contributed by atoms with E-state index in [9.17, 15) is 5.26 Å². The van der Waals surface area contributed by atoms with E-state index >= 15 is 0 Å². The molecular formula is C16H24N4. The Morgan fingerprint density at radius 2 is 1.95 bits per heavy atom. The molecule has 1 aliphatic heterocycles. The Balaban J connectivity index is 2.23. The molecule has 0 saturated carbocycles. The minimum absolute atomic E-state index is 0.294. The van der Waals surface area contributed by atoms with E-state index in [2.05, 4.69) is 66.3 Å². The van der Waals surface area contributed by atoms with E-state index in [1.165, 1.54) is 11.4 Å². The Bertz CT molecular complexity index is 505. The first kappa shape index (κ1) is 14.7. The Morgan fingerprint density at radius 3 is 2.55 bits per heavy atom. The maximum absolute atomic E-state index is 9.52. The third-order valence-corrected chi connectivity index (χ3v) is 3.70. The van der Waals surface area contributed by atoms with Crippen LogP contribution in [0.15, 0.2) is 24.3 Å². The van der Waals surface area contributed by atoms with Crippen LogP contribution in [0, 0.1) is 11.3 Å². The number of nitrogens with one attached hydrogen (secondary N) is 1. The summed E-state index contributed by atoms with van der Waals surface area (Å²) in [6, 6.07) is 11.1. The van der Waals surface area contributed by atoms with E-state index in [4.69, 9.17) is 0 Å². The van der Waals surface area contributed by atoms with E-state index in [0.717, 1.165) is 13.1 Å². The molecule has 1 unspecified atom stereocenters. The highest BCUT2D eigenvalue weighted by Gasteiger charge is 2.30. The van der Waals surface area contributed by atoms with Crippen molar-refractivity contribution in [2.45, 2.75) is 32.4 Å². The Labute approximate surface area is 122 Å². The minimum Gasteiger partial charge on any atom is -0.371 e. The van der Waals surface area contributed by atoms with E-state index in [0.29, 0.717) is 12.6 Å². The lowest BCUT2D eigenvalue weighted by atomic mass is 10.0. The molecule has 2 rings (SSSR count). The SMILES string of the molecule is CC(C)NC(C)(C#N)CN1CCN(C)c2ccccc21. The Kier molecular flexibility index (Phi) is 4.20. The number of anilines is 2. The quantitative estimate of drug-likeness (QED) is 0.912. The standard InChI is InChI=1S/C16H24N4/c1-13(2)18-16(3,11-17)12-20-10-9-19(4)14-7-5-6-8-15(14)20/h5-8,13,18H,9-10,12H2,1-4H3. The molecule has 0 saturated heterocycles. The molecule has 1 heterocycles. The number of para-hydroxylation sites is 2. The fourth-order valence-electron chi connectivity index (χ4n) is 2.86. The van der Waals surface area contributed by atoms with Crippen molar-refractivity contribution in [2.75, 3.05) is 36.5 Å². The summed E-state index contributed by atoms with van der Waals surface area (Å²) in [7, 11) is 2.12. The minimum atomic E-state index is -0.531. The second kappa shape index (κ2) is 5.72. The van der Waals surface area contributed by atoms with Crippen LogP contribution in [0.25, 0.3) is 0 Å². The average molecular weight is 272 g/mol. The van der Waals surface area contributed by atoms with Gasteiger partial charge in [0.25, 0.3) is 0 Å². The molecule has 20 heavy (non-hydrogen) atoms. The maximum atomic E-state index is 9.52. The average Bonchev–Trinajstić information content (AvgIpc) is 2.41. The molecule has 4 heteroatoms. The molecular weight excluding hydrogens is 248 g/mol. The van der Waals surface area contributed by atoms with Crippen LogP contribution in [0.4, 0.5) is 11.4 Å². The summed E-state index contributed by atoms with van der Waals surface area (Å²) >= 11 is 0. The number of nitriles is 1. The van der Waals surface area contributed by atoms with Crippen LogP contribution < -0.4 is 15.1 Å². The maximum Gasteiger partial charge on any atom is 0.121 e. The predicted molar refractivity (Wildman–Crippen MR) is 84.2 cm³/mol. The lowest BCUT2D eigenvalue weighted by molar-refractivity contribution is 0.402. The van der Waals surface area contributed by atoms with Crippen LogP contribution in [0.3, 0.4) is 0 Å². The zero-order chi connectivity index (χ0) is 14.8. The number of nitrogens with zero attached hydrogens (tertiary/aromatic N) is 3. The molecule has 0 aromatic heterocycles. The fourth-order valence-corrected chi connectivity index (χ4v) is 2.86. The molecule has 1 aromatic carbocycles. The summed E-state index contributed by atoms with van der Waals surface area (Å²) in [6.45, 7) is 8.77. The van der Waals surface area contributed by atoms with Gasteiger partial charge in [-0.15, -0.1) is 0 Å². The van der Waals surface area contributed by atoms with Gasteiger partial charge in [-0.3, -0.25) is 5.32 Å². The van der Waals surface area contributed by atoms with Crippen LogP contribution in [0.5, 0.6) is 0 Å². The molecule has 1 N–H and O–H groups in total. The highest BCUT2D eigenvalue weighted by atomic mass is 15.3. The molecule has 4 nitrogen and oxygen atoms in total. The zero-order valence-corrected chi connectivity index (χ0v) is 12.8. The van der Waals surface area contributed by atoms with Crippen molar-refractivity contribution in [2.24, 2.45) is 0 Å². The molecule has 108 valence electrons. The molecule has 1 aliphatic rings. The molecule has 0 spiro atoms. The first-order valence-electron chi connectivity index (χ1n) is 7.19. The van der Waals surface area contributed by atoms with Crippen molar-refractivity contribution in [1.29, 1.82) is 5.26 Å². The van der Waals surface area contributed by atoms with Crippen LogP contribution >= 0.6 is 0 Å². The monoisotopic (exact) mass is 272 g/mol. The van der Waals surface area contributed by atoms with Crippen molar-refractivity contribution in [3.05, 3.63) is 24.3 Å².